The molecule has 4 heteroatoms. The number of rotatable bonds is 7. The van der Waals surface area contributed by atoms with E-state index in [9.17, 15) is 10.2 Å². The number of nitrogens with two attached hydrogens (primary N) is 2. The van der Waals surface area contributed by atoms with E-state index >= 15 is 0 Å². The Bertz CT molecular complexity index is 806. The summed E-state index contributed by atoms with van der Waals surface area (Å²) < 4.78 is 0. The molecule has 0 spiro atoms. The molecule has 0 aliphatic carbocycles. The summed E-state index contributed by atoms with van der Waals surface area (Å²) in [4.78, 5) is 0. The highest BCUT2D eigenvalue weighted by atomic mass is 16.3. The van der Waals surface area contributed by atoms with Gasteiger partial charge in [0.05, 0.1) is 11.4 Å². The highest BCUT2D eigenvalue weighted by Crippen LogP contribution is 2.27. The Balaban J connectivity index is 2.36. The van der Waals surface area contributed by atoms with E-state index in [0.29, 0.717) is 35.4 Å². The molecule has 0 saturated heterocycles. The van der Waals surface area contributed by atoms with E-state index in [2.05, 4.69) is 13.2 Å². The predicted octanol–water partition coefficient (Wildman–Crippen LogP) is 3.85. The molecule has 0 amide bonds. The van der Waals surface area contributed by atoms with Crippen molar-refractivity contribution in [3.63, 3.8) is 0 Å². The fourth-order valence-corrected chi connectivity index (χ4v) is 2.60. The Labute approximate surface area is 154 Å². The van der Waals surface area contributed by atoms with Crippen LogP contribution in [0.3, 0.4) is 0 Å². The first kappa shape index (κ1) is 18.9. The average Bonchev–Trinajstić information content (AvgIpc) is 2.62. The minimum atomic E-state index is 0.152. The molecule has 0 saturated carbocycles. The van der Waals surface area contributed by atoms with Crippen LogP contribution in [0.1, 0.15) is 22.3 Å². The van der Waals surface area contributed by atoms with Crippen molar-refractivity contribution in [3.8, 4) is 11.5 Å². The maximum Gasteiger partial charge on any atom is 0.126 e. The summed E-state index contributed by atoms with van der Waals surface area (Å²) in [5.41, 5.74) is 15.4. The van der Waals surface area contributed by atoms with E-state index in [1.165, 1.54) is 0 Å². The zero-order valence-electron chi connectivity index (χ0n) is 14.7. The van der Waals surface area contributed by atoms with E-state index in [1.807, 2.05) is 24.3 Å². The molecular weight excluding hydrogens is 324 g/mol. The number of phenols is 2. The molecule has 0 fully saturated rings. The van der Waals surface area contributed by atoms with Gasteiger partial charge in [-0.25, -0.2) is 0 Å². The van der Waals surface area contributed by atoms with Crippen LogP contribution < -0.4 is 11.5 Å². The summed E-state index contributed by atoms with van der Waals surface area (Å²) >= 11 is 0. The Kier molecular flexibility index (Phi) is 6.28. The molecular formula is C22H24N2O2. The van der Waals surface area contributed by atoms with E-state index < -0.39 is 0 Å². The maximum absolute atomic E-state index is 10.3. The summed E-state index contributed by atoms with van der Waals surface area (Å²) in [6.07, 6.45) is 7.78. The Morgan fingerprint density at radius 1 is 0.769 bits per heavy atom. The van der Waals surface area contributed by atoms with Gasteiger partial charge in [-0.15, -0.1) is 13.2 Å². The molecule has 2 aromatic rings. The quantitative estimate of drug-likeness (QED) is 0.452. The largest absolute Gasteiger partial charge is 0.507 e. The lowest BCUT2D eigenvalue weighted by atomic mass is 10.0. The number of aromatic hydroxyl groups is 2. The second-order valence-corrected chi connectivity index (χ2v) is 5.89. The van der Waals surface area contributed by atoms with Gasteiger partial charge in [-0.1, -0.05) is 48.6 Å². The number of benzene rings is 2. The van der Waals surface area contributed by atoms with Gasteiger partial charge in [-0.2, -0.15) is 0 Å². The lowest BCUT2D eigenvalue weighted by molar-refractivity contribution is 0.468. The van der Waals surface area contributed by atoms with Crippen molar-refractivity contribution in [1.29, 1.82) is 0 Å². The predicted molar refractivity (Wildman–Crippen MR) is 108 cm³/mol. The van der Waals surface area contributed by atoms with Gasteiger partial charge in [-0.05, 0) is 36.1 Å². The molecule has 6 N–H and O–H groups in total. The van der Waals surface area contributed by atoms with Crippen LogP contribution in [0.5, 0.6) is 11.5 Å². The van der Waals surface area contributed by atoms with E-state index in [4.69, 9.17) is 11.5 Å². The fraction of sp³-hybridized carbons (Fsp3) is 0.0909. The van der Waals surface area contributed by atoms with Gasteiger partial charge in [-0.3, -0.25) is 0 Å². The molecule has 0 aliphatic heterocycles. The van der Waals surface area contributed by atoms with Crippen LogP contribution in [0, 0.1) is 0 Å². The summed E-state index contributed by atoms with van der Waals surface area (Å²) in [7, 11) is 0. The molecule has 0 aliphatic rings. The maximum atomic E-state index is 10.3. The standard InChI is InChI=1S/C22H24N2O2/c1-3-7-15-9-5-11-17(21(15)25)13-19(23)20(24)14-18-12-6-10-16(8-4-2)22(18)26/h3-6,9-14,25-26H,1-2,7-8,23-24H2/b19-13+,20-14+. The van der Waals surface area contributed by atoms with E-state index in [1.54, 1.807) is 36.4 Å². The highest BCUT2D eigenvalue weighted by Gasteiger charge is 2.08. The number of hydrogen-bond acceptors (Lipinski definition) is 4. The van der Waals surface area contributed by atoms with Crippen molar-refractivity contribution in [1.82, 2.24) is 0 Å². The van der Waals surface area contributed by atoms with Crippen molar-refractivity contribution in [3.05, 3.63) is 95.4 Å². The summed E-state index contributed by atoms with van der Waals surface area (Å²) in [6.45, 7) is 7.36. The number of para-hydroxylation sites is 2. The van der Waals surface area contributed by atoms with Crippen LogP contribution in [-0.4, -0.2) is 10.2 Å². The minimum Gasteiger partial charge on any atom is -0.507 e. The van der Waals surface area contributed by atoms with Gasteiger partial charge in [0.1, 0.15) is 11.5 Å². The molecule has 0 atom stereocenters. The lowest BCUT2D eigenvalue weighted by Crippen LogP contribution is -2.09. The second kappa shape index (κ2) is 8.62. The Hall–Kier alpha value is -3.40. The molecule has 0 heterocycles. The molecule has 4 nitrogen and oxygen atoms in total. The zero-order chi connectivity index (χ0) is 19.1. The third-order valence-corrected chi connectivity index (χ3v) is 3.99. The first-order valence-corrected chi connectivity index (χ1v) is 8.26. The Morgan fingerprint density at radius 3 is 1.50 bits per heavy atom. The first-order chi connectivity index (χ1) is 12.5. The van der Waals surface area contributed by atoms with Crippen LogP contribution in [0.25, 0.3) is 12.2 Å². The highest BCUT2D eigenvalue weighted by molar-refractivity contribution is 5.70. The van der Waals surface area contributed by atoms with Crippen molar-refractivity contribution in [2.75, 3.05) is 0 Å². The molecule has 0 unspecified atom stereocenters. The Morgan fingerprint density at radius 2 is 1.15 bits per heavy atom. The smallest absolute Gasteiger partial charge is 0.126 e. The van der Waals surface area contributed by atoms with Gasteiger partial charge >= 0.3 is 0 Å². The van der Waals surface area contributed by atoms with Crippen LogP contribution in [0.15, 0.2) is 73.1 Å². The molecule has 2 rings (SSSR count). The van der Waals surface area contributed by atoms with Crippen LogP contribution in [0.2, 0.25) is 0 Å². The van der Waals surface area contributed by atoms with Crippen molar-refractivity contribution in [2.24, 2.45) is 11.5 Å². The van der Waals surface area contributed by atoms with Gasteiger partial charge in [0.25, 0.3) is 0 Å². The van der Waals surface area contributed by atoms with E-state index in [0.717, 1.165) is 11.1 Å². The second-order valence-electron chi connectivity index (χ2n) is 5.89. The van der Waals surface area contributed by atoms with Crippen LogP contribution in [0.4, 0.5) is 0 Å². The summed E-state index contributed by atoms with van der Waals surface area (Å²) in [5, 5.41) is 20.6. The third-order valence-electron chi connectivity index (χ3n) is 3.99. The number of hydrogen-bond donors (Lipinski definition) is 4. The average molecular weight is 348 g/mol. The van der Waals surface area contributed by atoms with Gasteiger partial charge in [0.2, 0.25) is 0 Å². The van der Waals surface area contributed by atoms with Gasteiger partial charge in [0.15, 0.2) is 0 Å². The van der Waals surface area contributed by atoms with Crippen LogP contribution in [-0.2, 0) is 12.8 Å². The topological polar surface area (TPSA) is 92.5 Å². The SMILES string of the molecule is C=CCc1cccc(/C=C(N)\C(N)=C/c2cccc(CC=C)c2O)c1O. The van der Waals surface area contributed by atoms with Crippen molar-refractivity contribution in [2.45, 2.75) is 12.8 Å². The van der Waals surface area contributed by atoms with Crippen molar-refractivity contribution >= 4 is 12.2 Å². The molecule has 2 aromatic carbocycles. The number of phenolic OH excluding ortho intramolecular Hbond substituents is 2. The van der Waals surface area contributed by atoms with Gasteiger partial charge < -0.3 is 21.7 Å². The molecule has 26 heavy (non-hydrogen) atoms. The van der Waals surface area contributed by atoms with Gasteiger partial charge in [0, 0.05) is 11.1 Å². The normalized spacial score (nSPS) is 12.0. The lowest BCUT2D eigenvalue weighted by Gasteiger charge is -2.09. The van der Waals surface area contributed by atoms with Crippen molar-refractivity contribution < 1.29 is 10.2 Å². The first-order valence-electron chi connectivity index (χ1n) is 8.26. The summed E-state index contributed by atoms with van der Waals surface area (Å²) in [6, 6.07) is 10.8. The number of allylic oxidation sites excluding steroid dienone is 2. The van der Waals surface area contributed by atoms with Crippen LogP contribution >= 0.6 is 0 Å². The van der Waals surface area contributed by atoms with E-state index in [-0.39, 0.29) is 11.5 Å². The zero-order valence-corrected chi connectivity index (χ0v) is 14.7. The molecule has 134 valence electrons. The third kappa shape index (κ3) is 4.36. The molecule has 0 bridgehead atoms. The minimum absolute atomic E-state index is 0.152. The summed E-state index contributed by atoms with van der Waals surface area (Å²) in [5.74, 6) is 0.304. The molecule has 0 radical (unpaired) electrons. The molecule has 0 aromatic heterocycles. The monoisotopic (exact) mass is 348 g/mol. The fourth-order valence-electron chi connectivity index (χ4n) is 2.60.